The van der Waals surface area contributed by atoms with E-state index in [1.807, 2.05) is 0 Å². The molecule has 0 aromatic carbocycles. The lowest BCUT2D eigenvalue weighted by atomic mass is 9.89. The first-order chi connectivity index (χ1) is 13.6. The minimum Gasteiger partial charge on any atom is -0.362 e. The van der Waals surface area contributed by atoms with E-state index >= 15 is 0 Å². The second-order valence-corrected chi connectivity index (χ2v) is 8.55. The highest BCUT2D eigenvalue weighted by Crippen LogP contribution is 2.46. The third kappa shape index (κ3) is 2.85. The number of nitrogens with zero attached hydrogens (tertiary/aromatic N) is 4. The summed E-state index contributed by atoms with van der Waals surface area (Å²) in [6.07, 6.45) is 5.15. The van der Waals surface area contributed by atoms with Crippen LogP contribution in [0.4, 0.5) is 14.5 Å². The second-order valence-electron chi connectivity index (χ2n) is 8.55. The number of nitrogens with one attached hydrogen (secondary N) is 2. The largest absolute Gasteiger partial charge is 0.362 e. The third-order valence-corrected chi connectivity index (χ3v) is 5.82. The molecule has 1 saturated carbocycles. The average molecular weight is 402 g/mol. The molecule has 152 valence electrons. The van der Waals surface area contributed by atoms with Crippen LogP contribution in [0.5, 0.6) is 0 Å². The minimum absolute atomic E-state index is 0.146. The Morgan fingerprint density at radius 1 is 1.21 bits per heavy atom. The molecule has 1 saturated heterocycles. The number of halogens is 2. The third-order valence-electron chi connectivity index (χ3n) is 5.82. The van der Waals surface area contributed by atoms with Crippen molar-refractivity contribution in [1.29, 1.82) is 0 Å². The first-order valence-electron chi connectivity index (χ1n) is 9.50. The Labute approximate surface area is 163 Å². The number of rotatable bonds is 3. The molecule has 0 unspecified atom stereocenters. The predicted octanol–water partition coefficient (Wildman–Crippen LogP) is 2.13. The van der Waals surface area contributed by atoms with E-state index in [0.717, 1.165) is 18.5 Å². The van der Waals surface area contributed by atoms with Crippen molar-refractivity contribution in [2.75, 3.05) is 18.0 Å². The van der Waals surface area contributed by atoms with E-state index < -0.39 is 29.1 Å². The summed E-state index contributed by atoms with van der Waals surface area (Å²) in [6, 6.07) is 1.60. The summed E-state index contributed by atoms with van der Waals surface area (Å²) in [5, 5.41) is 4.47. The predicted molar refractivity (Wildman–Crippen MR) is 103 cm³/mol. The molecule has 8 nitrogen and oxygen atoms in total. The van der Waals surface area contributed by atoms with E-state index in [-0.39, 0.29) is 17.8 Å². The summed E-state index contributed by atoms with van der Waals surface area (Å²) in [5.74, 6) is -2.50. The highest BCUT2D eigenvalue weighted by Gasteiger charge is 2.54. The van der Waals surface area contributed by atoms with Crippen LogP contribution in [-0.4, -0.2) is 43.6 Å². The highest BCUT2D eigenvalue weighted by atomic mass is 19.3. The zero-order valence-electron chi connectivity index (χ0n) is 16.0. The molecule has 1 aliphatic carbocycles. The summed E-state index contributed by atoms with van der Waals surface area (Å²) in [6.45, 7) is 2.79. The number of hydrogen-bond acceptors (Lipinski definition) is 5. The number of alkyl halides is 2. The highest BCUT2D eigenvalue weighted by molar-refractivity contribution is 5.75. The average Bonchev–Trinajstić information content (AvgIpc) is 3.34. The summed E-state index contributed by atoms with van der Waals surface area (Å²) in [5.41, 5.74) is -0.133. The molecule has 0 amide bonds. The van der Waals surface area contributed by atoms with Gasteiger partial charge in [-0.15, -0.1) is 0 Å². The Balaban J connectivity index is 1.71. The first-order valence-corrected chi connectivity index (χ1v) is 9.50. The molecule has 0 spiro atoms. The Kier molecular flexibility index (Phi) is 3.57. The van der Waals surface area contributed by atoms with Crippen LogP contribution in [0.1, 0.15) is 38.3 Å². The van der Waals surface area contributed by atoms with E-state index in [2.05, 4.69) is 20.1 Å². The van der Waals surface area contributed by atoms with Gasteiger partial charge in [0.15, 0.2) is 5.65 Å². The van der Waals surface area contributed by atoms with Crippen LogP contribution in [0.15, 0.2) is 28.0 Å². The topological polar surface area (TPSA) is 99.2 Å². The van der Waals surface area contributed by atoms with Crippen LogP contribution < -0.4 is 16.1 Å². The number of hydrogen-bond donors (Lipinski definition) is 2. The fourth-order valence-corrected chi connectivity index (χ4v) is 3.79. The van der Waals surface area contributed by atoms with Crippen LogP contribution in [0.2, 0.25) is 0 Å². The lowest BCUT2D eigenvalue weighted by Crippen LogP contribution is -2.34. The maximum absolute atomic E-state index is 14.6. The summed E-state index contributed by atoms with van der Waals surface area (Å²) in [4.78, 5) is 34.5. The molecule has 3 aromatic rings. The molecule has 2 aliphatic rings. The number of aromatic nitrogens is 5. The molecule has 0 atom stereocenters. The van der Waals surface area contributed by atoms with Crippen molar-refractivity contribution in [2.24, 2.45) is 5.41 Å². The quantitative estimate of drug-likeness (QED) is 0.699. The lowest BCUT2D eigenvalue weighted by molar-refractivity contribution is -0.0642. The number of anilines is 1. The Morgan fingerprint density at radius 2 is 1.97 bits per heavy atom. The summed E-state index contributed by atoms with van der Waals surface area (Å²) >= 11 is 0. The van der Waals surface area contributed by atoms with Crippen molar-refractivity contribution in [1.82, 2.24) is 24.6 Å². The molecule has 5 rings (SSSR count). The van der Waals surface area contributed by atoms with E-state index in [1.165, 1.54) is 6.20 Å². The van der Waals surface area contributed by atoms with Gasteiger partial charge in [0.1, 0.15) is 5.69 Å². The lowest BCUT2D eigenvalue weighted by Gasteiger charge is -2.24. The normalized spacial score (nSPS) is 20.5. The van der Waals surface area contributed by atoms with Crippen molar-refractivity contribution in [3.8, 4) is 11.3 Å². The second kappa shape index (κ2) is 5.74. The van der Waals surface area contributed by atoms with Crippen molar-refractivity contribution < 1.29 is 8.78 Å². The molecule has 29 heavy (non-hydrogen) atoms. The van der Waals surface area contributed by atoms with Crippen LogP contribution in [0.3, 0.4) is 0 Å². The van der Waals surface area contributed by atoms with Gasteiger partial charge in [-0.05, 0) is 18.9 Å². The van der Waals surface area contributed by atoms with Crippen molar-refractivity contribution in [3.63, 3.8) is 0 Å². The van der Waals surface area contributed by atoms with Crippen LogP contribution in [-0.2, 0) is 0 Å². The van der Waals surface area contributed by atoms with Crippen molar-refractivity contribution in [3.05, 3.63) is 45.0 Å². The molecule has 0 bridgehead atoms. The molecule has 2 fully saturated rings. The van der Waals surface area contributed by atoms with E-state index in [4.69, 9.17) is 0 Å². The minimum atomic E-state index is -2.87. The van der Waals surface area contributed by atoms with Gasteiger partial charge in [-0.25, -0.2) is 23.1 Å². The van der Waals surface area contributed by atoms with Gasteiger partial charge in [0, 0.05) is 24.1 Å². The van der Waals surface area contributed by atoms with Gasteiger partial charge in [-0.2, -0.15) is 5.10 Å². The van der Waals surface area contributed by atoms with Crippen LogP contribution in [0, 0.1) is 5.41 Å². The molecule has 10 heteroatoms. The SMILES string of the molecule is CC1(C)CN(c2cc(-c3c[nH]c(=O)[nH]c3=O)nn3cc(C4CC4)nc23)CC1(F)F. The fraction of sp³-hybridized carbons (Fsp3) is 0.474. The number of H-pyrrole nitrogens is 2. The molecular formula is C19H20F2N6O2. The van der Waals surface area contributed by atoms with Gasteiger partial charge in [0.05, 0.1) is 29.7 Å². The number of fused-ring (bicyclic) bond motifs is 1. The maximum Gasteiger partial charge on any atom is 0.325 e. The zero-order chi connectivity index (χ0) is 20.6. The Hall–Kier alpha value is -3.04. The van der Waals surface area contributed by atoms with Gasteiger partial charge in [0.2, 0.25) is 0 Å². The standard InChI is InChI=1S/C19H20F2N6O2/c1-18(2)8-26(9-19(18,20)21)14-5-12(11-6-22-17(29)24-16(11)28)25-27-7-13(10-3-4-10)23-15(14)27/h5-7,10H,3-4,8-9H2,1-2H3,(H2,22,24,28,29). The van der Waals surface area contributed by atoms with Gasteiger partial charge in [-0.3, -0.25) is 9.78 Å². The molecular weight excluding hydrogens is 382 g/mol. The number of aromatic amines is 2. The van der Waals surface area contributed by atoms with Crippen LogP contribution in [0.25, 0.3) is 16.9 Å². The monoisotopic (exact) mass is 402 g/mol. The fourth-order valence-electron chi connectivity index (χ4n) is 3.79. The van der Waals surface area contributed by atoms with Gasteiger partial charge < -0.3 is 9.88 Å². The van der Waals surface area contributed by atoms with Gasteiger partial charge >= 0.3 is 5.69 Å². The van der Waals surface area contributed by atoms with Gasteiger partial charge in [-0.1, -0.05) is 13.8 Å². The van der Waals surface area contributed by atoms with E-state index in [1.54, 1.807) is 35.5 Å². The van der Waals surface area contributed by atoms with Crippen molar-refractivity contribution in [2.45, 2.75) is 38.5 Å². The van der Waals surface area contributed by atoms with Crippen molar-refractivity contribution >= 4 is 11.3 Å². The molecule has 2 N–H and O–H groups in total. The molecule has 1 aliphatic heterocycles. The van der Waals surface area contributed by atoms with E-state index in [9.17, 15) is 18.4 Å². The van der Waals surface area contributed by atoms with Crippen LogP contribution >= 0.6 is 0 Å². The molecule has 3 aromatic heterocycles. The summed E-state index contributed by atoms with van der Waals surface area (Å²) < 4.78 is 30.7. The summed E-state index contributed by atoms with van der Waals surface area (Å²) in [7, 11) is 0. The first kappa shape index (κ1) is 18.0. The Morgan fingerprint density at radius 3 is 2.59 bits per heavy atom. The number of imidazole rings is 1. The molecule has 0 radical (unpaired) electrons. The van der Waals surface area contributed by atoms with Gasteiger partial charge in [0.25, 0.3) is 11.5 Å². The Bertz CT molecular complexity index is 1220. The van der Waals surface area contributed by atoms with E-state index in [0.29, 0.717) is 17.3 Å². The smallest absolute Gasteiger partial charge is 0.325 e. The molecule has 4 heterocycles. The maximum atomic E-state index is 14.6. The zero-order valence-corrected chi connectivity index (χ0v) is 16.0.